The predicted molar refractivity (Wildman–Crippen MR) is 233 cm³/mol. The van der Waals surface area contributed by atoms with Crippen molar-refractivity contribution in [3.05, 3.63) is 204 Å². The minimum absolute atomic E-state index is 0.659. The molecule has 8 aromatic carbocycles. The van der Waals surface area contributed by atoms with Crippen LogP contribution in [0.5, 0.6) is 0 Å². The highest BCUT2D eigenvalue weighted by atomic mass is 14.9. The quantitative estimate of drug-likeness (QED) is 0.164. The molecule has 1 aliphatic heterocycles. The van der Waals surface area contributed by atoms with Crippen LogP contribution in [0.4, 0.5) is 0 Å². The average molecular weight is 704 g/mol. The summed E-state index contributed by atoms with van der Waals surface area (Å²) in [6.45, 7) is 2.24. The van der Waals surface area contributed by atoms with Gasteiger partial charge in [-0.25, -0.2) is 9.98 Å². The van der Waals surface area contributed by atoms with Gasteiger partial charge >= 0.3 is 0 Å². The van der Waals surface area contributed by atoms with Crippen LogP contribution >= 0.6 is 0 Å². The van der Waals surface area contributed by atoms with Gasteiger partial charge in [0.15, 0.2) is 5.84 Å². The van der Waals surface area contributed by atoms with Crippen LogP contribution in [0.1, 0.15) is 36.5 Å². The lowest BCUT2D eigenvalue weighted by Crippen LogP contribution is -2.11. The van der Waals surface area contributed by atoms with E-state index in [4.69, 9.17) is 15.0 Å². The van der Waals surface area contributed by atoms with Crippen LogP contribution < -0.4 is 0 Å². The normalized spacial score (nSPS) is 14.9. The molecule has 55 heavy (non-hydrogen) atoms. The molecule has 2 heterocycles. The van der Waals surface area contributed by atoms with E-state index in [1.54, 1.807) is 0 Å². The molecule has 260 valence electrons. The molecule has 9 aromatic rings. The van der Waals surface area contributed by atoms with Gasteiger partial charge in [0.1, 0.15) is 0 Å². The maximum atomic E-state index is 5.66. The first kappa shape index (κ1) is 32.7. The first-order valence-corrected chi connectivity index (χ1v) is 19.0. The maximum Gasteiger partial charge on any atom is 0.161 e. The van der Waals surface area contributed by atoms with Crippen LogP contribution in [-0.2, 0) is 0 Å². The van der Waals surface area contributed by atoms with Gasteiger partial charge in [-0.15, -0.1) is 0 Å². The predicted octanol–water partition coefficient (Wildman–Crippen LogP) is 13.5. The fraction of sp³-hybridized carbons (Fsp3) is 0.0577. The summed E-state index contributed by atoms with van der Waals surface area (Å²) in [4.78, 5) is 16.4. The molecule has 0 unspecified atom stereocenters. The number of fused-ring (bicyclic) bond motifs is 6. The minimum Gasteiger partial charge on any atom is -0.255 e. The Hall–Kier alpha value is -6.97. The third-order valence-electron chi connectivity index (χ3n) is 11.0. The van der Waals surface area contributed by atoms with Gasteiger partial charge in [-0.05, 0) is 92.2 Å². The number of rotatable bonds is 5. The topological polar surface area (TPSA) is 37.6 Å². The number of aromatic nitrogens is 1. The Balaban J connectivity index is 1.23. The van der Waals surface area contributed by atoms with E-state index in [1.165, 1.54) is 37.9 Å². The minimum atomic E-state index is 0.659. The molecule has 1 aromatic heterocycles. The molecule has 0 atom stereocenters. The molecule has 3 nitrogen and oxygen atoms in total. The Bertz CT molecular complexity index is 2970. The second kappa shape index (κ2) is 13.8. The lowest BCUT2D eigenvalue weighted by Gasteiger charge is -2.21. The molecule has 0 N–H and O–H groups in total. The van der Waals surface area contributed by atoms with Crippen molar-refractivity contribution < 1.29 is 0 Å². The zero-order valence-electron chi connectivity index (χ0n) is 30.6. The Labute approximate surface area is 320 Å². The molecule has 0 saturated heterocycles. The third kappa shape index (κ3) is 6.00. The van der Waals surface area contributed by atoms with Crippen LogP contribution in [-0.4, -0.2) is 16.5 Å². The molecule has 0 amide bonds. The smallest absolute Gasteiger partial charge is 0.161 e. The zero-order chi connectivity index (χ0) is 36.7. The summed E-state index contributed by atoms with van der Waals surface area (Å²) in [6, 6.07) is 62.7. The highest BCUT2D eigenvalue weighted by molar-refractivity contribution is 6.20. The van der Waals surface area contributed by atoms with E-state index in [-0.39, 0.29) is 0 Å². The second-order valence-corrected chi connectivity index (χ2v) is 14.4. The number of hydrogen-bond acceptors (Lipinski definition) is 3. The number of amidine groups is 1. The molecule has 0 spiro atoms. The summed E-state index contributed by atoms with van der Waals surface area (Å²) < 4.78 is 0. The number of pyridine rings is 1. The molecular weight excluding hydrogens is 667 g/mol. The lowest BCUT2D eigenvalue weighted by molar-refractivity contribution is 1.00. The number of aliphatic imine (C=N–C) groups is 2. The number of hydrogen-bond donors (Lipinski definition) is 0. The number of nitrogens with zero attached hydrogens (tertiary/aromatic N) is 3. The van der Waals surface area contributed by atoms with Crippen molar-refractivity contribution in [2.75, 3.05) is 0 Å². The van der Waals surface area contributed by atoms with Gasteiger partial charge in [0.2, 0.25) is 0 Å². The average Bonchev–Trinajstić information content (AvgIpc) is 3.25. The van der Waals surface area contributed by atoms with Crippen molar-refractivity contribution in [2.24, 2.45) is 9.98 Å². The van der Waals surface area contributed by atoms with E-state index in [9.17, 15) is 0 Å². The molecule has 0 saturated carbocycles. The molecule has 0 fully saturated rings. The van der Waals surface area contributed by atoms with Crippen LogP contribution in [0, 0.1) is 0 Å². The lowest BCUT2D eigenvalue weighted by atomic mass is 9.87. The van der Waals surface area contributed by atoms with Gasteiger partial charge in [0.25, 0.3) is 0 Å². The van der Waals surface area contributed by atoms with Crippen molar-refractivity contribution >= 4 is 60.5 Å². The van der Waals surface area contributed by atoms with Gasteiger partial charge in [-0.3, -0.25) is 4.98 Å². The summed E-state index contributed by atoms with van der Waals surface area (Å²) in [5.41, 5.74) is 11.9. The van der Waals surface area contributed by atoms with Crippen molar-refractivity contribution in [3.63, 3.8) is 0 Å². The van der Waals surface area contributed by atoms with Crippen molar-refractivity contribution in [3.8, 4) is 22.3 Å². The first-order valence-electron chi connectivity index (χ1n) is 19.0. The Morgan fingerprint density at radius 2 is 1.04 bits per heavy atom. The molecular formula is C52H37N3. The Morgan fingerprint density at radius 1 is 0.436 bits per heavy atom. The summed E-state index contributed by atoms with van der Waals surface area (Å²) in [6.07, 6.45) is 3.57. The Morgan fingerprint density at radius 3 is 1.78 bits per heavy atom. The highest BCUT2D eigenvalue weighted by Crippen LogP contribution is 2.41. The van der Waals surface area contributed by atoms with Crippen molar-refractivity contribution in [2.45, 2.75) is 19.8 Å². The molecule has 0 bridgehead atoms. The molecule has 0 aliphatic carbocycles. The zero-order valence-corrected chi connectivity index (χ0v) is 30.6. The molecule has 1 aliphatic rings. The van der Waals surface area contributed by atoms with E-state index < -0.39 is 0 Å². The van der Waals surface area contributed by atoms with Gasteiger partial charge < -0.3 is 0 Å². The van der Waals surface area contributed by atoms with Crippen molar-refractivity contribution in [1.82, 2.24) is 4.98 Å². The standard InChI is InChI=1S/C52H37N3/c1-34-23-30-47(41-28-24-35-13-8-9-19-40(35)31-41)54-52(43-32-42-29-27-39-26-25-38-18-10-11-20-44(38)48(39)51(42)53-33-43)55-50(34)49-45(36-14-4-2-5-15-36)21-12-22-46(49)37-16-6-3-7-17-37/h2-22,24-29,31-33H,23,30H2,1H3/b50-34+,54-47?,55-52?. The summed E-state index contributed by atoms with van der Waals surface area (Å²) >= 11 is 0. The maximum absolute atomic E-state index is 5.66. The van der Waals surface area contributed by atoms with Crippen molar-refractivity contribution in [1.29, 1.82) is 0 Å². The fourth-order valence-corrected chi connectivity index (χ4v) is 8.15. The van der Waals surface area contributed by atoms with E-state index in [0.29, 0.717) is 5.84 Å². The second-order valence-electron chi connectivity index (χ2n) is 14.4. The summed E-state index contributed by atoms with van der Waals surface area (Å²) in [7, 11) is 0. The van der Waals surface area contributed by atoms with Crippen LogP contribution in [0.2, 0.25) is 0 Å². The van der Waals surface area contributed by atoms with Gasteiger partial charge in [0.05, 0.1) is 16.9 Å². The van der Waals surface area contributed by atoms with Crippen LogP contribution in [0.15, 0.2) is 198 Å². The monoisotopic (exact) mass is 703 g/mol. The largest absolute Gasteiger partial charge is 0.255 e. The van der Waals surface area contributed by atoms with Gasteiger partial charge in [-0.2, -0.15) is 0 Å². The third-order valence-corrected chi connectivity index (χ3v) is 11.0. The van der Waals surface area contributed by atoms with E-state index in [0.717, 1.165) is 74.1 Å². The fourth-order valence-electron chi connectivity index (χ4n) is 8.15. The van der Waals surface area contributed by atoms with E-state index in [2.05, 4.69) is 183 Å². The van der Waals surface area contributed by atoms with Gasteiger partial charge in [0, 0.05) is 28.1 Å². The molecule has 0 radical (unpaired) electrons. The van der Waals surface area contributed by atoms with Crippen LogP contribution in [0.25, 0.3) is 71.2 Å². The number of benzene rings is 8. The van der Waals surface area contributed by atoms with Gasteiger partial charge in [-0.1, -0.05) is 164 Å². The molecule has 10 rings (SSSR count). The van der Waals surface area contributed by atoms with E-state index in [1.807, 2.05) is 6.20 Å². The Kier molecular flexibility index (Phi) is 8.18. The summed E-state index contributed by atoms with van der Waals surface area (Å²) in [5.74, 6) is 0.659. The van der Waals surface area contributed by atoms with E-state index >= 15 is 0 Å². The number of allylic oxidation sites excluding steroid dienone is 1. The SMILES string of the molecule is C/C1=C(/c2c(-c3ccccc3)cccc2-c2ccccc2)N=C(c2cnc3c(ccc4ccc5ccccc5c43)c2)N=C(c2ccc3ccccc3c2)CC1. The first-order chi connectivity index (χ1) is 27.2. The van der Waals surface area contributed by atoms with Crippen LogP contribution in [0.3, 0.4) is 0 Å². The highest BCUT2D eigenvalue weighted by Gasteiger charge is 2.22. The molecule has 3 heteroatoms. The summed E-state index contributed by atoms with van der Waals surface area (Å²) in [5, 5.41) is 8.24.